The maximum Gasteiger partial charge on any atom is 0.312 e. The number of halogens is 2. The average Bonchev–Trinajstić information content (AvgIpc) is 3.17. The van der Waals surface area contributed by atoms with Crippen LogP contribution in [0.15, 0.2) is 52.9 Å². The first kappa shape index (κ1) is 21.6. The molecule has 1 heterocycles. The molecule has 2 aromatic carbocycles. The zero-order valence-electron chi connectivity index (χ0n) is 15.3. The largest absolute Gasteiger partial charge is 0.490 e. The van der Waals surface area contributed by atoms with Crippen LogP contribution >= 0.6 is 35.4 Å². The van der Waals surface area contributed by atoms with E-state index >= 15 is 0 Å². The van der Waals surface area contributed by atoms with Gasteiger partial charge in [0.05, 0.1) is 17.1 Å². The predicted molar refractivity (Wildman–Crippen MR) is 117 cm³/mol. The zero-order chi connectivity index (χ0) is 21.8. The average molecular weight is 466 g/mol. The third kappa shape index (κ3) is 4.88. The first-order chi connectivity index (χ1) is 14.3. The number of anilines is 1. The van der Waals surface area contributed by atoms with Gasteiger partial charge in [-0.3, -0.25) is 20.2 Å². The molecule has 1 amide bonds. The summed E-state index contributed by atoms with van der Waals surface area (Å²) < 4.78 is 10.5. The molecule has 154 valence electrons. The van der Waals surface area contributed by atoms with Crippen molar-refractivity contribution >= 4 is 57.8 Å². The third-order valence-electron chi connectivity index (χ3n) is 3.89. The van der Waals surface area contributed by atoms with Crippen molar-refractivity contribution in [2.75, 3.05) is 12.4 Å². The number of hydrogen-bond acceptors (Lipinski definition) is 6. The van der Waals surface area contributed by atoms with Crippen molar-refractivity contribution in [3.8, 4) is 17.1 Å². The van der Waals surface area contributed by atoms with Crippen molar-refractivity contribution in [1.29, 1.82) is 0 Å². The van der Waals surface area contributed by atoms with E-state index in [9.17, 15) is 14.9 Å². The van der Waals surface area contributed by atoms with Gasteiger partial charge in [-0.05, 0) is 54.7 Å². The summed E-state index contributed by atoms with van der Waals surface area (Å²) in [4.78, 5) is 22.9. The number of nitro groups is 1. The number of amides is 1. The number of carbonyl (C=O) groups is 1. The minimum Gasteiger partial charge on any atom is -0.490 e. The van der Waals surface area contributed by atoms with E-state index in [0.717, 1.165) is 0 Å². The quantitative estimate of drug-likeness (QED) is 0.299. The number of carbonyl (C=O) groups excluding carboxylic acids is 1. The first-order valence-electron chi connectivity index (χ1n) is 8.28. The molecular formula is C19H13Cl2N3O5S. The fourth-order valence-corrected chi connectivity index (χ4v) is 3.24. The highest BCUT2D eigenvalue weighted by Gasteiger charge is 2.18. The molecular weight excluding hydrogens is 453 g/mol. The van der Waals surface area contributed by atoms with E-state index in [0.29, 0.717) is 27.1 Å². The highest BCUT2D eigenvalue weighted by molar-refractivity contribution is 7.80. The molecule has 0 spiro atoms. The van der Waals surface area contributed by atoms with Crippen molar-refractivity contribution in [2.45, 2.75) is 0 Å². The summed E-state index contributed by atoms with van der Waals surface area (Å²) in [5.74, 6) is -0.122. The normalized spacial score (nSPS) is 10.4. The zero-order valence-corrected chi connectivity index (χ0v) is 17.6. The predicted octanol–water partition coefficient (Wildman–Crippen LogP) is 5.30. The van der Waals surface area contributed by atoms with Gasteiger partial charge in [-0.2, -0.15) is 0 Å². The number of ether oxygens (including phenoxy) is 1. The van der Waals surface area contributed by atoms with Crippen LogP contribution < -0.4 is 15.4 Å². The van der Waals surface area contributed by atoms with Crippen LogP contribution in [-0.2, 0) is 0 Å². The number of thiocarbonyl (C=S) groups is 1. The van der Waals surface area contributed by atoms with Crippen LogP contribution in [0, 0.1) is 10.1 Å². The number of nitrogens with one attached hydrogen (secondary N) is 2. The molecule has 1 aromatic heterocycles. The molecule has 0 bridgehead atoms. The van der Waals surface area contributed by atoms with Crippen LogP contribution in [0.1, 0.15) is 10.6 Å². The molecule has 3 aromatic rings. The monoisotopic (exact) mass is 465 g/mol. The number of benzene rings is 2. The lowest BCUT2D eigenvalue weighted by atomic mass is 10.2. The molecule has 30 heavy (non-hydrogen) atoms. The Morgan fingerprint density at radius 3 is 2.60 bits per heavy atom. The van der Waals surface area contributed by atoms with Gasteiger partial charge in [0.2, 0.25) is 0 Å². The topological polar surface area (TPSA) is 107 Å². The van der Waals surface area contributed by atoms with E-state index in [1.807, 2.05) is 0 Å². The van der Waals surface area contributed by atoms with E-state index < -0.39 is 10.8 Å². The molecule has 8 nitrogen and oxygen atoms in total. The number of hydrogen-bond donors (Lipinski definition) is 2. The number of nitro benzene ring substituents is 1. The second-order valence-electron chi connectivity index (χ2n) is 5.84. The Morgan fingerprint density at radius 2 is 1.93 bits per heavy atom. The molecule has 0 saturated heterocycles. The molecule has 0 unspecified atom stereocenters. The van der Waals surface area contributed by atoms with E-state index in [-0.39, 0.29) is 22.3 Å². The lowest BCUT2D eigenvalue weighted by Crippen LogP contribution is -2.33. The fraction of sp³-hybridized carbons (Fsp3) is 0.0526. The van der Waals surface area contributed by atoms with E-state index in [1.54, 1.807) is 24.3 Å². The number of methoxy groups -OCH3 is 1. The van der Waals surface area contributed by atoms with Crippen LogP contribution in [0.3, 0.4) is 0 Å². The van der Waals surface area contributed by atoms with Gasteiger partial charge in [-0.1, -0.05) is 23.2 Å². The third-order valence-corrected chi connectivity index (χ3v) is 4.64. The van der Waals surface area contributed by atoms with Gasteiger partial charge in [0.15, 0.2) is 16.6 Å². The molecule has 0 aliphatic rings. The van der Waals surface area contributed by atoms with Crippen LogP contribution in [0.5, 0.6) is 5.75 Å². The van der Waals surface area contributed by atoms with Gasteiger partial charge in [0, 0.05) is 22.3 Å². The number of rotatable bonds is 5. The molecule has 0 radical (unpaired) electrons. The summed E-state index contributed by atoms with van der Waals surface area (Å²) in [5, 5.41) is 17.0. The van der Waals surface area contributed by atoms with Gasteiger partial charge in [0.25, 0.3) is 5.91 Å². The van der Waals surface area contributed by atoms with Gasteiger partial charge < -0.3 is 14.5 Å². The minimum absolute atomic E-state index is 0.000813. The highest BCUT2D eigenvalue weighted by atomic mass is 35.5. The molecule has 0 aliphatic heterocycles. The van der Waals surface area contributed by atoms with Crippen molar-refractivity contribution in [3.05, 3.63) is 74.5 Å². The lowest BCUT2D eigenvalue weighted by molar-refractivity contribution is -0.385. The van der Waals surface area contributed by atoms with E-state index in [1.165, 1.54) is 31.4 Å². The number of nitrogens with zero attached hydrogens (tertiary/aromatic N) is 1. The van der Waals surface area contributed by atoms with Crippen molar-refractivity contribution < 1.29 is 18.9 Å². The second kappa shape index (κ2) is 9.12. The molecule has 0 fully saturated rings. The van der Waals surface area contributed by atoms with E-state index in [4.69, 9.17) is 44.6 Å². The lowest BCUT2D eigenvalue weighted by Gasteiger charge is -2.09. The summed E-state index contributed by atoms with van der Waals surface area (Å²) in [6.45, 7) is 0. The summed E-state index contributed by atoms with van der Waals surface area (Å²) >= 11 is 17.1. The molecule has 0 saturated carbocycles. The van der Waals surface area contributed by atoms with Crippen molar-refractivity contribution in [2.24, 2.45) is 0 Å². The first-order valence-corrected chi connectivity index (χ1v) is 9.45. The van der Waals surface area contributed by atoms with Crippen LogP contribution in [0.2, 0.25) is 10.0 Å². The standard InChI is InChI=1S/C19H13Cl2N3O5S/c1-28-16-5-3-11(9-14(16)24(26)27)22-19(30)23-18(25)17-7-6-15(29-17)12-4-2-10(20)8-13(12)21/h2-9H,1H3,(H2,22,23,25,30). The van der Waals surface area contributed by atoms with Gasteiger partial charge in [-0.25, -0.2) is 0 Å². The molecule has 0 aliphatic carbocycles. The minimum atomic E-state index is -0.605. The van der Waals surface area contributed by atoms with Crippen LogP contribution in [-0.4, -0.2) is 23.1 Å². The summed E-state index contributed by atoms with van der Waals surface area (Å²) in [6, 6.07) is 12.1. The van der Waals surface area contributed by atoms with Crippen molar-refractivity contribution in [3.63, 3.8) is 0 Å². The Morgan fingerprint density at radius 1 is 1.17 bits per heavy atom. The SMILES string of the molecule is COc1ccc(NC(=S)NC(=O)c2ccc(-c3ccc(Cl)cc3Cl)o2)cc1[N+](=O)[O-]. The number of furan rings is 1. The van der Waals surface area contributed by atoms with Gasteiger partial charge in [0.1, 0.15) is 5.76 Å². The maximum absolute atomic E-state index is 12.4. The summed E-state index contributed by atoms with van der Waals surface area (Å²) in [6.07, 6.45) is 0. The summed E-state index contributed by atoms with van der Waals surface area (Å²) in [5.41, 5.74) is 0.638. The Balaban J connectivity index is 1.69. The Labute approximate surface area is 185 Å². The van der Waals surface area contributed by atoms with Gasteiger partial charge >= 0.3 is 5.69 Å². The van der Waals surface area contributed by atoms with Crippen LogP contribution in [0.25, 0.3) is 11.3 Å². The maximum atomic E-state index is 12.4. The fourth-order valence-electron chi connectivity index (χ4n) is 2.53. The van der Waals surface area contributed by atoms with Gasteiger partial charge in [-0.15, -0.1) is 0 Å². The Kier molecular flexibility index (Phi) is 6.56. The molecule has 3 rings (SSSR count). The highest BCUT2D eigenvalue weighted by Crippen LogP contribution is 2.32. The Hall–Kier alpha value is -3.14. The molecule has 11 heteroatoms. The molecule has 0 atom stereocenters. The van der Waals surface area contributed by atoms with E-state index in [2.05, 4.69) is 10.6 Å². The van der Waals surface area contributed by atoms with Crippen molar-refractivity contribution in [1.82, 2.24) is 5.32 Å². The van der Waals surface area contributed by atoms with Crippen LogP contribution in [0.4, 0.5) is 11.4 Å². The summed E-state index contributed by atoms with van der Waals surface area (Å²) in [7, 11) is 1.33. The Bertz CT molecular complexity index is 1150. The second-order valence-corrected chi connectivity index (χ2v) is 7.09. The molecule has 2 N–H and O–H groups in total. The smallest absolute Gasteiger partial charge is 0.312 e.